The molecule has 1 aliphatic heterocycles. The van der Waals surface area contributed by atoms with Crippen molar-refractivity contribution in [2.45, 2.75) is 47.0 Å². The maximum absolute atomic E-state index is 12.5. The zero-order valence-corrected chi connectivity index (χ0v) is 15.6. The lowest BCUT2D eigenvalue weighted by Gasteiger charge is -2.20. The smallest absolute Gasteiger partial charge is 0.338 e. The Bertz CT molecular complexity index is 527. The van der Waals surface area contributed by atoms with Gasteiger partial charge in [0, 0.05) is 12.5 Å². The van der Waals surface area contributed by atoms with Gasteiger partial charge in [-0.05, 0) is 69.5 Å². The third kappa shape index (κ3) is 5.23. The van der Waals surface area contributed by atoms with Gasteiger partial charge in [0.25, 0.3) is 0 Å². The number of benzene rings is 1. The minimum Gasteiger partial charge on any atom is -0.494 e. The van der Waals surface area contributed by atoms with Crippen molar-refractivity contribution < 1.29 is 14.3 Å². The number of likely N-dealkylation sites (tertiary alicyclic amines) is 1. The molecule has 134 valence electrons. The van der Waals surface area contributed by atoms with Gasteiger partial charge in [0.2, 0.25) is 0 Å². The first-order valence-corrected chi connectivity index (χ1v) is 9.14. The van der Waals surface area contributed by atoms with Crippen LogP contribution in [0.15, 0.2) is 12.1 Å². The fourth-order valence-corrected chi connectivity index (χ4v) is 3.30. The van der Waals surface area contributed by atoms with Gasteiger partial charge in [-0.15, -0.1) is 0 Å². The van der Waals surface area contributed by atoms with E-state index in [1.807, 2.05) is 26.0 Å². The molecule has 1 aromatic rings. The van der Waals surface area contributed by atoms with E-state index in [0.717, 1.165) is 29.8 Å². The number of carbonyl (C=O) groups is 1. The van der Waals surface area contributed by atoms with Crippen LogP contribution in [-0.2, 0) is 4.74 Å². The third-order valence-electron chi connectivity index (χ3n) is 4.45. The summed E-state index contributed by atoms with van der Waals surface area (Å²) in [6.45, 7) is 12.6. The van der Waals surface area contributed by atoms with Gasteiger partial charge in [0.15, 0.2) is 0 Å². The van der Waals surface area contributed by atoms with E-state index in [0.29, 0.717) is 24.7 Å². The van der Waals surface area contributed by atoms with E-state index in [2.05, 4.69) is 18.7 Å². The molecule has 1 saturated heterocycles. The summed E-state index contributed by atoms with van der Waals surface area (Å²) in [5.74, 6) is 0.964. The van der Waals surface area contributed by atoms with Crippen LogP contribution in [0.5, 0.6) is 5.75 Å². The average molecular weight is 333 g/mol. The van der Waals surface area contributed by atoms with Gasteiger partial charge < -0.3 is 14.4 Å². The lowest BCUT2D eigenvalue weighted by atomic mass is 10.0. The molecule has 24 heavy (non-hydrogen) atoms. The summed E-state index contributed by atoms with van der Waals surface area (Å²) in [4.78, 5) is 14.9. The quantitative estimate of drug-likeness (QED) is 0.675. The first-order valence-electron chi connectivity index (χ1n) is 9.14. The Balaban J connectivity index is 1.91. The summed E-state index contributed by atoms with van der Waals surface area (Å²) in [6.07, 6.45) is 3.55. The molecular formula is C20H31NO3. The Morgan fingerprint density at radius 2 is 1.83 bits per heavy atom. The maximum Gasteiger partial charge on any atom is 0.338 e. The average Bonchev–Trinajstić information content (AvgIpc) is 3.03. The molecule has 0 saturated carbocycles. The molecule has 1 heterocycles. The van der Waals surface area contributed by atoms with Crippen LogP contribution in [-0.4, -0.2) is 43.7 Å². The number of hydrogen-bond acceptors (Lipinski definition) is 4. The molecule has 0 N–H and O–H groups in total. The van der Waals surface area contributed by atoms with Crippen molar-refractivity contribution in [1.82, 2.24) is 4.90 Å². The van der Waals surface area contributed by atoms with E-state index < -0.39 is 0 Å². The normalized spacial score (nSPS) is 16.2. The number of nitrogens with zero attached hydrogens (tertiary/aromatic N) is 1. The highest BCUT2D eigenvalue weighted by molar-refractivity contribution is 5.93. The molecule has 0 amide bonds. The zero-order valence-electron chi connectivity index (χ0n) is 15.6. The number of carbonyl (C=O) groups excluding carboxylic acids is 1. The van der Waals surface area contributed by atoms with Crippen molar-refractivity contribution in [2.24, 2.45) is 5.92 Å². The van der Waals surface area contributed by atoms with Crippen LogP contribution >= 0.6 is 0 Å². The van der Waals surface area contributed by atoms with Crippen molar-refractivity contribution in [1.29, 1.82) is 0 Å². The standard InChI is InChI=1S/C20H31NO3/c1-5-10-23-18-11-16(3)19(17(4)12-18)20(22)24-14-15(2)13-21-8-6-7-9-21/h11-12,15H,5-10,13-14H2,1-4H3/t15-/m1/s1. The fraction of sp³-hybridized carbons (Fsp3) is 0.650. The lowest BCUT2D eigenvalue weighted by Crippen LogP contribution is -2.28. The van der Waals surface area contributed by atoms with Crippen molar-refractivity contribution in [3.05, 3.63) is 28.8 Å². The Morgan fingerprint density at radius 3 is 2.42 bits per heavy atom. The van der Waals surface area contributed by atoms with E-state index in [1.165, 1.54) is 25.9 Å². The van der Waals surface area contributed by atoms with Gasteiger partial charge in [0.05, 0.1) is 18.8 Å². The van der Waals surface area contributed by atoms with E-state index in [9.17, 15) is 4.79 Å². The summed E-state index contributed by atoms with van der Waals surface area (Å²) < 4.78 is 11.2. The van der Waals surface area contributed by atoms with Crippen LogP contribution in [0.4, 0.5) is 0 Å². The highest BCUT2D eigenvalue weighted by Gasteiger charge is 2.19. The second kappa shape index (κ2) is 9.07. The zero-order chi connectivity index (χ0) is 17.5. The van der Waals surface area contributed by atoms with Crippen LogP contribution in [0.2, 0.25) is 0 Å². The van der Waals surface area contributed by atoms with Crippen molar-refractivity contribution in [3.63, 3.8) is 0 Å². The monoisotopic (exact) mass is 333 g/mol. The second-order valence-electron chi connectivity index (χ2n) is 6.99. The molecule has 0 radical (unpaired) electrons. The highest BCUT2D eigenvalue weighted by Crippen LogP contribution is 2.23. The molecular weight excluding hydrogens is 302 g/mol. The molecule has 1 aromatic carbocycles. The lowest BCUT2D eigenvalue weighted by molar-refractivity contribution is 0.0425. The van der Waals surface area contributed by atoms with Crippen molar-refractivity contribution >= 4 is 5.97 Å². The van der Waals surface area contributed by atoms with Gasteiger partial charge in [-0.25, -0.2) is 4.79 Å². The van der Waals surface area contributed by atoms with Crippen molar-refractivity contribution in [3.8, 4) is 5.75 Å². The maximum atomic E-state index is 12.5. The third-order valence-corrected chi connectivity index (χ3v) is 4.45. The first-order chi connectivity index (χ1) is 11.5. The minimum atomic E-state index is -0.222. The predicted octanol–water partition coefficient (Wildman–Crippen LogP) is 3.98. The number of hydrogen-bond donors (Lipinski definition) is 0. The van der Waals surface area contributed by atoms with Crippen LogP contribution in [0.25, 0.3) is 0 Å². The molecule has 1 atom stereocenters. The minimum absolute atomic E-state index is 0.222. The van der Waals surface area contributed by atoms with E-state index >= 15 is 0 Å². The van der Waals surface area contributed by atoms with Gasteiger partial charge in [-0.2, -0.15) is 0 Å². The summed E-state index contributed by atoms with van der Waals surface area (Å²) in [5, 5.41) is 0. The second-order valence-corrected chi connectivity index (χ2v) is 6.99. The summed E-state index contributed by atoms with van der Waals surface area (Å²) >= 11 is 0. The number of esters is 1. The molecule has 1 aliphatic rings. The van der Waals surface area contributed by atoms with Crippen LogP contribution < -0.4 is 4.74 Å². The molecule has 0 aromatic heterocycles. The van der Waals surface area contributed by atoms with Crippen LogP contribution in [0, 0.1) is 19.8 Å². The SMILES string of the molecule is CCCOc1cc(C)c(C(=O)OC[C@H](C)CN2CCCC2)c(C)c1. The molecule has 0 bridgehead atoms. The van der Waals surface area contributed by atoms with Gasteiger partial charge >= 0.3 is 5.97 Å². The van der Waals surface area contributed by atoms with Gasteiger partial charge in [0.1, 0.15) is 5.75 Å². The summed E-state index contributed by atoms with van der Waals surface area (Å²) in [5.41, 5.74) is 2.50. The predicted molar refractivity (Wildman–Crippen MR) is 96.8 cm³/mol. The summed E-state index contributed by atoms with van der Waals surface area (Å²) in [6, 6.07) is 3.85. The Labute approximate surface area is 146 Å². The highest BCUT2D eigenvalue weighted by atomic mass is 16.5. The van der Waals surface area contributed by atoms with Gasteiger partial charge in [-0.1, -0.05) is 13.8 Å². The number of ether oxygens (including phenoxy) is 2. The molecule has 1 fully saturated rings. The molecule has 4 nitrogen and oxygen atoms in total. The van der Waals surface area contributed by atoms with Crippen molar-refractivity contribution in [2.75, 3.05) is 32.8 Å². The fourth-order valence-electron chi connectivity index (χ4n) is 3.30. The van der Waals surface area contributed by atoms with Gasteiger partial charge in [-0.3, -0.25) is 0 Å². The Morgan fingerprint density at radius 1 is 1.21 bits per heavy atom. The largest absolute Gasteiger partial charge is 0.494 e. The summed E-state index contributed by atoms with van der Waals surface area (Å²) in [7, 11) is 0. The Kier molecular flexibility index (Phi) is 7.10. The molecule has 0 unspecified atom stereocenters. The molecule has 0 aliphatic carbocycles. The molecule has 2 rings (SSSR count). The first kappa shape index (κ1) is 18.8. The van der Waals surface area contributed by atoms with E-state index in [-0.39, 0.29) is 5.97 Å². The topological polar surface area (TPSA) is 38.8 Å². The Hall–Kier alpha value is -1.55. The number of aryl methyl sites for hydroxylation is 2. The number of rotatable bonds is 8. The van der Waals surface area contributed by atoms with Crippen LogP contribution in [0.1, 0.15) is 54.6 Å². The van der Waals surface area contributed by atoms with E-state index in [1.54, 1.807) is 0 Å². The van der Waals surface area contributed by atoms with E-state index in [4.69, 9.17) is 9.47 Å². The molecule has 0 spiro atoms. The van der Waals surface area contributed by atoms with Crippen LogP contribution in [0.3, 0.4) is 0 Å². The molecule has 4 heteroatoms.